The maximum Gasteiger partial charge on any atom is 0.490 e. The van der Waals surface area contributed by atoms with E-state index in [2.05, 4.69) is 15.6 Å². The Labute approximate surface area is 151 Å². The van der Waals surface area contributed by atoms with Gasteiger partial charge in [-0.15, -0.1) is 0 Å². The summed E-state index contributed by atoms with van der Waals surface area (Å²) >= 11 is 0. The SMILES string of the molecule is CNC(=O)c1ccc2c(c1)[nH]c(=O)n2C1CCNCC1.O=C(O)C(F)(F)F. The lowest BCUT2D eigenvalue weighted by Gasteiger charge is -2.23. The number of benzene rings is 1. The van der Waals surface area contributed by atoms with Crippen molar-refractivity contribution in [3.8, 4) is 0 Å². The number of piperidine rings is 1. The Hall–Kier alpha value is -2.82. The average Bonchev–Trinajstić information content (AvgIpc) is 2.96. The van der Waals surface area contributed by atoms with Crippen molar-refractivity contribution in [1.29, 1.82) is 0 Å². The standard InChI is InChI=1S/C14H18N4O2.C2HF3O2/c1-15-13(19)9-2-3-12-11(8-9)17-14(20)18(12)10-4-6-16-7-5-10;3-2(4,5)1(6)7/h2-3,8,10,16H,4-7H2,1H3,(H,15,19)(H,17,20);(H,6,7). The van der Waals surface area contributed by atoms with Crippen LogP contribution in [0.25, 0.3) is 11.0 Å². The van der Waals surface area contributed by atoms with Crippen LogP contribution in [0.15, 0.2) is 23.0 Å². The fourth-order valence-corrected chi connectivity index (χ4v) is 2.84. The molecule has 1 aliphatic heterocycles. The lowest BCUT2D eigenvalue weighted by Crippen LogP contribution is -2.33. The zero-order valence-electron chi connectivity index (χ0n) is 14.4. The van der Waals surface area contributed by atoms with Gasteiger partial charge in [-0.2, -0.15) is 13.2 Å². The lowest BCUT2D eigenvalue weighted by molar-refractivity contribution is -0.192. The van der Waals surface area contributed by atoms with E-state index < -0.39 is 12.1 Å². The number of nitrogens with zero attached hydrogens (tertiary/aromatic N) is 1. The fourth-order valence-electron chi connectivity index (χ4n) is 2.84. The summed E-state index contributed by atoms with van der Waals surface area (Å²) in [5.74, 6) is -2.91. The van der Waals surface area contributed by atoms with Crippen LogP contribution in [-0.2, 0) is 4.79 Å². The van der Waals surface area contributed by atoms with Crippen LogP contribution in [0.5, 0.6) is 0 Å². The smallest absolute Gasteiger partial charge is 0.475 e. The molecule has 0 bridgehead atoms. The first kappa shape index (κ1) is 20.5. The van der Waals surface area contributed by atoms with Gasteiger partial charge in [0, 0.05) is 18.7 Å². The van der Waals surface area contributed by atoms with Crippen LogP contribution in [-0.4, -0.2) is 52.8 Å². The van der Waals surface area contributed by atoms with Crippen LogP contribution in [0.1, 0.15) is 29.2 Å². The summed E-state index contributed by atoms with van der Waals surface area (Å²) in [6.45, 7) is 1.86. The number of hydrogen-bond donors (Lipinski definition) is 4. The van der Waals surface area contributed by atoms with E-state index in [1.54, 1.807) is 19.2 Å². The number of aromatic amines is 1. The van der Waals surface area contributed by atoms with Crippen LogP contribution in [0, 0.1) is 0 Å². The summed E-state index contributed by atoms with van der Waals surface area (Å²) < 4.78 is 33.6. The number of nitrogens with one attached hydrogen (secondary N) is 3. The van der Waals surface area contributed by atoms with Gasteiger partial charge >= 0.3 is 17.8 Å². The topological polar surface area (TPSA) is 116 Å². The first-order valence-corrected chi connectivity index (χ1v) is 8.12. The normalized spacial score (nSPS) is 15.1. The number of carboxylic acid groups (broad SMARTS) is 1. The van der Waals surface area contributed by atoms with Crippen molar-refractivity contribution in [1.82, 2.24) is 20.2 Å². The molecule has 2 aromatic rings. The van der Waals surface area contributed by atoms with E-state index in [0.29, 0.717) is 5.56 Å². The molecule has 1 amide bonds. The summed E-state index contributed by atoms with van der Waals surface area (Å²) in [5, 5.41) is 13.0. The number of H-pyrrole nitrogens is 1. The van der Waals surface area contributed by atoms with Crippen molar-refractivity contribution in [2.75, 3.05) is 20.1 Å². The second-order valence-corrected chi connectivity index (χ2v) is 5.90. The first-order chi connectivity index (χ1) is 12.6. The highest BCUT2D eigenvalue weighted by Crippen LogP contribution is 2.22. The number of halogens is 3. The second-order valence-electron chi connectivity index (χ2n) is 5.90. The molecule has 2 heterocycles. The number of imidazole rings is 1. The third-order valence-corrected chi connectivity index (χ3v) is 4.12. The fraction of sp³-hybridized carbons (Fsp3) is 0.438. The predicted octanol–water partition coefficient (Wildman–Crippen LogP) is 1.25. The molecule has 0 unspecified atom stereocenters. The summed E-state index contributed by atoms with van der Waals surface area (Å²) in [5.41, 5.74) is 2.05. The number of fused-ring (bicyclic) bond motifs is 1. The number of aliphatic carboxylic acids is 1. The number of rotatable bonds is 2. The largest absolute Gasteiger partial charge is 0.490 e. The molecule has 148 valence electrons. The quantitative estimate of drug-likeness (QED) is 0.618. The van der Waals surface area contributed by atoms with Crippen LogP contribution in [0.4, 0.5) is 13.2 Å². The minimum atomic E-state index is -5.08. The molecule has 1 aromatic heterocycles. The Morgan fingerprint density at radius 2 is 1.85 bits per heavy atom. The van der Waals surface area contributed by atoms with Crippen LogP contribution in [0.2, 0.25) is 0 Å². The Balaban J connectivity index is 0.000000321. The number of carboxylic acids is 1. The Bertz CT molecular complexity index is 882. The molecule has 4 N–H and O–H groups in total. The van der Waals surface area contributed by atoms with Crippen molar-refractivity contribution in [3.63, 3.8) is 0 Å². The van der Waals surface area contributed by atoms with E-state index in [1.165, 1.54) is 0 Å². The zero-order chi connectivity index (χ0) is 20.2. The molecule has 11 heteroatoms. The van der Waals surface area contributed by atoms with Gasteiger partial charge in [-0.05, 0) is 44.1 Å². The molecule has 27 heavy (non-hydrogen) atoms. The van der Waals surface area contributed by atoms with Gasteiger partial charge in [-0.1, -0.05) is 0 Å². The van der Waals surface area contributed by atoms with Crippen molar-refractivity contribution in [2.24, 2.45) is 0 Å². The van der Waals surface area contributed by atoms with Crippen molar-refractivity contribution in [2.45, 2.75) is 25.1 Å². The summed E-state index contributed by atoms with van der Waals surface area (Å²) in [7, 11) is 1.59. The number of aromatic nitrogens is 2. The Morgan fingerprint density at radius 1 is 1.26 bits per heavy atom. The third-order valence-electron chi connectivity index (χ3n) is 4.12. The number of carbonyl (C=O) groups is 2. The van der Waals surface area contributed by atoms with Gasteiger partial charge in [0.05, 0.1) is 11.0 Å². The minimum absolute atomic E-state index is 0.0963. The molecule has 0 saturated carbocycles. The van der Waals surface area contributed by atoms with Crippen molar-refractivity contribution < 1.29 is 27.9 Å². The highest BCUT2D eigenvalue weighted by atomic mass is 19.4. The molecule has 0 radical (unpaired) electrons. The van der Waals surface area contributed by atoms with Gasteiger partial charge in [0.15, 0.2) is 0 Å². The second kappa shape index (κ2) is 8.25. The summed E-state index contributed by atoms with van der Waals surface area (Å²) in [4.78, 5) is 35.6. The molecule has 1 fully saturated rings. The molecule has 1 aromatic carbocycles. The third kappa shape index (κ3) is 4.88. The predicted molar refractivity (Wildman–Crippen MR) is 90.8 cm³/mol. The summed E-state index contributed by atoms with van der Waals surface area (Å²) in [6.07, 6.45) is -3.19. The molecular formula is C16H19F3N4O4. The van der Waals surface area contributed by atoms with Gasteiger partial charge in [0.25, 0.3) is 5.91 Å². The molecule has 0 atom stereocenters. The monoisotopic (exact) mass is 388 g/mol. The van der Waals surface area contributed by atoms with Gasteiger partial charge in [-0.3, -0.25) is 9.36 Å². The molecule has 8 nitrogen and oxygen atoms in total. The van der Waals surface area contributed by atoms with Crippen molar-refractivity contribution in [3.05, 3.63) is 34.2 Å². The van der Waals surface area contributed by atoms with Crippen LogP contribution >= 0.6 is 0 Å². The number of hydrogen-bond acceptors (Lipinski definition) is 4. The van der Waals surface area contributed by atoms with E-state index in [4.69, 9.17) is 9.90 Å². The van der Waals surface area contributed by atoms with E-state index in [0.717, 1.165) is 37.0 Å². The van der Waals surface area contributed by atoms with Gasteiger partial charge in [-0.25, -0.2) is 9.59 Å². The molecule has 0 spiro atoms. The maximum atomic E-state index is 12.2. The first-order valence-electron chi connectivity index (χ1n) is 8.12. The van der Waals surface area contributed by atoms with E-state index in [1.807, 2.05) is 10.6 Å². The van der Waals surface area contributed by atoms with E-state index >= 15 is 0 Å². The number of carbonyl (C=O) groups excluding carboxylic acids is 1. The molecule has 3 rings (SSSR count). The average molecular weight is 388 g/mol. The van der Waals surface area contributed by atoms with Crippen LogP contribution in [0.3, 0.4) is 0 Å². The highest BCUT2D eigenvalue weighted by Gasteiger charge is 2.38. The van der Waals surface area contributed by atoms with Gasteiger partial charge in [0.1, 0.15) is 0 Å². The lowest BCUT2D eigenvalue weighted by atomic mass is 10.1. The minimum Gasteiger partial charge on any atom is -0.475 e. The zero-order valence-corrected chi connectivity index (χ0v) is 14.4. The Morgan fingerprint density at radius 3 is 2.37 bits per heavy atom. The molecule has 0 aliphatic carbocycles. The summed E-state index contributed by atoms with van der Waals surface area (Å²) in [6, 6.07) is 5.56. The Kier molecular flexibility index (Phi) is 6.26. The number of alkyl halides is 3. The van der Waals surface area contributed by atoms with Crippen molar-refractivity contribution >= 4 is 22.9 Å². The van der Waals surface area contributed by atoms with Gasteiger partial charge in [0.2, 0.25) is 0 Å². The molecular weight excluding hydrogens is 369 g/mol. The highest BCUT2D eigenvalue weighted by molar-refractivity contribution is 5.97. The van der Waals surface area contributed by atoms with E-state index in [-0.39, 0.29) is 17.6 Å². The molecule has 1 aliphatic rings. The van der Waals surface area contributed by atoms with E-state index in [9.17, 15) is 22.8 Å². The number of amides is 1. The molecule has 1 saturated heterocycles. The maximum absolute atomic E-state index is 12.2. The van der Waals surface area contributed by atoms with Gasteiger partial charge < -0.3 is 20.7 Å². The van der Waals surface area contributed by atoms with Crippen LogP contribution < -0.4 is 16.3 Å².